The summed E-state index contributed by atoms with van der Waals surface area (Å²) in [6, 6.07) is 18.2. The molecule has 1 aliphatic heterocycles. The number of hydrogen-bond donors (Lipinski definition) is 2. The zero-order chi connectivity index (χ0) is 21.8. The number of thiocarbonyl (C=S) groups is 1. The van der Waals surface area contributed by atoms with Crippen LogP contribution in [0, 0.1) is 0 Å². The second kappa shape index (κ2) is 9.16. The van der Waals surface area contributed by atoms with Crippen molar-refractivity contribution in [3.63, 3.8) is 0 Å². The zero-order valence-electron chi connectivity index (χ0n) is 16.2. The normalized spacial score (nSPS) is 14.4. The Morgan fingerprint density at radius 2 is 1.90 bits per heavy atom. The first-order chi connectivity index (χ1) is 15.0. The lowest BCUT2D eigenvalue weighted by molar-refractivity contribution is -0.115. The van der Waals surface area contributed by atoms with Crippen molar-refractivity contribution < 1.29 is 18.7 Å². The number of nitrogens with one attached hydrogen (secondary N) is 2. The van der Waals surface area contributed by atoms with Crippen molar-refractivity contribution in [1.29, 1.82) is 0 Å². The molecule has 1 aromatic heterocycles. The lowest BCUT2D eigenvalue weighted by Crippen LogP contribution is -2.21. The number of carbonyl (C=O) groups excluding carboxylic acids is 2. The molecule has 0 bridgehead atoms. The summed E-state index contributed by atoms with van der Waals surface area (Å²) in [5.41, 5.74) is 2.29. The molecule has 0 spiro atoms. The molecule has 0 aliphatic carbocycles. The predicted octanol–water partition coefficient (Wildman–Crippen LogP) is 4.34. The van der Waals surface area contributed by atoms with Crippen LogP contribution >= 0.6 is 23.8 Å². The highest BCUT2D eigenvalue weighted by atomic mass is 35.5. The molecule has 8 heteroatoms. The van der Waals surface area contributed by atoms with Crippen LogP contribution in [0.4, 0.5) is 0 Å². The molecule has 6 nitrogen and oxygen atoms in total. The quantitative estimate of drug-likeness (QED) is 0.329. The van der Waals surface area contributed by atoms with Gasteiger partial charge in [-0.1, -0.05) is 41.9 Å². The van der Waals surface area contributed by atoms with Crippen molar-refractivity contribution in [3.05, 3.63) is 88.3 Å². The van der Waals surface area contributed by atoms with Crippen LogP contribution in [0.25, 0.3) is 17.4 Å². The fraction of sp³-hybridized carbons (Fsp3) is 0.0870. The van der Waals surface area contributed by atoms with Crippen molar-refractivity contribution in [3.8, 4) is 11.3 Å². The van der Waals surface area contributed by atoms with E-state index in [1.165, 1.54) is 0 Å². The van der Waals surface area contributed by atoms with Crippen LogP contribution < -0.4 is 10.6 Å². The third kappa shape index (κ3) is 5.02. The number of esters is 1. The van der Waals surface area contributed by atoms with Crippen LogP contribution in [0.1, 0.15) is 21.7 Å². The van der Waals surface area contributed by atoms with E-state index in [9.17, 15) is 9.59 Å². The Morgan fingerprint density at radius 3 is 2.65 bits per heavy atom. The summed E-state index contributed by atoms with van der Waals surface area (Å²) in [4.78, 5) is 24.3. The smallest absolute Gasteiger partial charge is 0.339 e. The van der Waals surface area contributed by atoms with Gasteiger partial charge in [-0.05, 0) is 48.1 Å². The predicted molar refractivity (Wildman–Crippen MR) is 121 cm³/mol. The van der Waals surface area contributed by atoms with E-state index in [1.54, 1.807) is 36.4 Å². The summed E-state index contributed by atoms with van der Waals surface area (Å²) in [6.07, 6.45) is 2.16. The van der Waals surface area contributed by atoms with Crippen LogP contribution in [0.15, 0.2) is 70.8 Å². The third-order valence-electron chi connectivity index (χ3n) is 4.57. The van der Waals surface area contributed by atoms with Gasteiger partial charge in [0.05, 0.1) is 17.2 Å². The standard InChI is InChI=1S/C23H17ClN2O4S/c24-18-8-6-15(12-17(18)22(28)29-11-10-14-4-2-1-3-5-14)20-9-7-16(30-20)13-19-21(27)26-23(31)25-19/h1-9,12-13H,10-11H2,(H2,25,26,27,31)/b19-13-. The molecule has 2 heterocycles. The Balaban J connectivity index is 1.47. The number of amides is 1. The molecule has 0 radical (unpaired) electrons. The summed E-state index contributed by atoms with van der Waals surface area (Å²) in [5, 5.41) is 5.78. The number of ether oxygens (including phenoxy) is 1. The van der Waals surface area contributed by atoms with Crippen molar-refractivity contribution in [2.24, 2.45) is 0 Å². The van der Waals surface area contributed by atoms with E-state index in [-0.39, 0.29) is 23.2 Å². The van der Waals surface area contributed by atoms with Gasteiger partial charge < -0.3 is 14.5 Å². The molecule has 31 heavy (non-hydrogen) atoms. The molecule has 3 aromatic rings. The van der Waals surface area contributed by atoms with Crippen LogP contribution in [-0.4, -0.2) is 23.6 Å². The van der Waals surface area contributed by atoms with E-state index in [4.69, 9.17) is 33.0 Å². The lowest BCUT2D eigenvalue weighted by atomic mass is 10.1. The Morgan fingerprint density at radius 1 is 1.10 bits per heavy atom. The maximum absolute atomic E-state index is 12.5. The van der Waals surface area contributed by atoms with Gasteiger partial charge >= 0.3 is 5.97 Å². The van der Waals surface area contributed by atoms with Crippen LogP contribution in [0.3, 0.4) is 0 Å². The summed E-state index contributed by atoms with van der Waals surface area (Å²) >= 11 is 11.1. The average Bonchev–Trinajstić information content (AvgIpc) is 3.35. The Labute approximate surface area is 188 Å². The molecule has 2 aromatic carbocycles. The van der Waals surface area contributed by atoms with Gasteiger partial charge in [-0.15, -0.1) is 0 Å². The van der Waals surface area contributed by atoms with Crippen molar-refractivity contribution in [2.75, 3.05) is 6.61 Å². The van der Waals surface area contributed by atoms with Crippen molar-refractivity contribution in [2.45, 2.75) is 6.42 Å². The Bertz CT molecular complexity index is 1190. The first-order valence-electron chi connectivity index (χ1n) is 9.44. The fourth-order valence-corrected chi connectivity index (χ4v) is 3.43. The third-order valence-corrected chi connectivity index (χ3v) is 5.10. The van der Waals surface area contributed by atoms with E-state index < -0.39 is 5.97 Å². The molecule has 0 saturated carbocycles. The molecule has 1 aliphatic rings. The molecular weight excluding hydrogens is 436 g/mol. The molecule has 4 rings (SSSR count). The fourth-order valence-electron chi connectivity index (χ4n) is 3.03. The Hall–Kier alpha value is -3.42. The van der Waals surface area contributed by atoms with E-state index in [2.05, 4.69) is 10.6 Å². The highest BCUT2D eigenvalue weighted by Gasteiger charge is 2.21. The van der Waals surface area contributed by atoms with Gasteiger partial charge in [0.15, 0.2) is 5.11 Å². The van der Waals surface area contributed by atoms with Gasteiger partial charge in [0.25, 0.3) is 5.91 Å². The van der Waals surface area contributed by atoms with E-state index in [1.807, 2.05) is 30.3 Å². The van der Waals surface area contributed by atoms with Crippen LogP contribution in [0.5, 0.6) is 0 Å². The number of hydrogen-bond acceptors (Lipinski definition) is 5. The minimum absolute atomic E-state index is 0.246. The number of furan rings is 1. The molecular formula is C23H17ClN2O4S. The van der Waals surface area contributed by atoms with Gasteiger partial charge in [-0.3, -0.25) is 10.1 Å². The maximum atomic E-state index is 12.5. The van der Waals surface area contributed by atoms with E-state index in [0.29, 0.717) is 34.2 Å². The van der Waals surface area contributed by atoms with Gasteiger partial charge in [-0.2, -0.15) is 0 Å². The number of benzene rings is 2. The largest absolute Gasteiger partial charge is 0.462 e. The average molecular weight is 453 g/mol. The monoisotopic (exact) mass is 452 g/mol. The molecule has 1 amide bonds. The van der Waals surface area contributed by atoms with Gasteiger partial charge in [-0.25, -0.2) is 4.79 Å². The van der Waals surface area contributed by atoms with Crippen molar-refractivity contribution >= 4 is 46.9 Å². The first-order valence-corrected chi connectivity index (χ1v) is 10.2. The SMILES string of the molecule is O=C1NC(=S)N/C1=C\c1ccc(-c2ccc(Cl)c(C(=O)OCCc3ccccc3)c2)o1. The second-order valence-electron chi connectivity index (χ2n) is 6.73. The number of halogens is 1. The number of carbonyl (C=O) groups is 2. The van der Waals surface area contributed by atoms with Crippen LogP contribution in [-0.2, 0) is 16.0 Å². The highest BCUT2D eigenvalue weighted by molar-refractivity contribution is 7.80. The van der Waals surface area contributed by atoms with E-state index >= 15 is 0 Å². The summed E-state index contributed by atoms with van der Waals surface area (Å²) in [6.45, 7) is 0.249. The molecule has 0 unspecified atom stereocenters. The highest BCUT2D eigenvalue weighted by Crippen LogP contribution is 2.28. The van der Waals surface area contributed by atoms with Gasteiger partial charge in [0, 0.05) is 18.1 Å². The Kier molecular flexibility index (Phi) is 6.16. The van der Waals surface area contributed by atoms with Gasteiger partial charge in [0.2, 0.25) is 0 Å². The summed E-state index contributed by atoms with van der Waals surface area (Å²) in [5.74, 6) is 0.147. The van der Waals surface area contributed by atoms with Crippen LogP contribution in [0.2, 0.25) is 5.02 Å². The minimum Gasteiger partial charge on any atom is -0.462 e. The maximum Gasteiger partial charge on any atom is 0.339 e. The molecule has 2 N–H and O–H groups in total. The summed E-state index contributed by atoms with van der Waals surface area (Å²) < 4.78 is 11.2. The number of rotatable bonds is 6. The van der Waals surface area contributed by atoms with E-state index in [0.717, 1.165) is 5.56 Å². The minimum atomic E-state index is -0.503. The molecule has 156 valence electrons. The van der Waals surface area contributed by atoms with Gasteiger partial charge in [0.1, 0.15) is 17.2 Å². The van der Waals surface area contributed by atoms with Crippen molar-refractivity contribution in [1.82, 2.24) is 10.6 Å². The molecule has 1 saturated heterocycles. The topological polar surface area (TPSA) is 80.6 Å². The first kappa shape index (κ1) is 20.8. The second-order valence-corrected chi connectivity index (χ2v) is 7.55. The lowest BCUT2D eigenvalue weighted by Gasteiger charge is -2.08. The summed E-state index contributed by atoms with van der Waals surface area (Å²) in [7, 11) is 0. The molecule has 0 atom stereocenters. The zero-order valence-corrected chi connectivity index (χ0v) is 17.8. The molecule has 1 fully saturated rings.